The minimum atomic E-state index is -0.892. The van der Waals surface area contributed by atoms with Gasteiger partial charge in [0.05, 0.1) is 18.4 Å². The van der Waals surface area contributed by atoms with Gasteiger partial charge in [0.1, 0.15) is 23.3 Å². The first-order valence-electron chi connectivity index (χ1n) is 9.09. The standard InChI is InChI=1S/C22H18N2O5/c1-2-28-16-7-5-15(6-8-16)24-19(17-4-3-13-29-17)18(21(26)22(24)27)20(25)14-9-11-23-12-10-14/h3-13,19,25H,2H2,1H3/b20-18-. The number of hydrogen-bond donors (Lipinski definition) is 1. The average molecular weight is 390 g/mol. The Balaban J connectivity index is 1.85. The molecule has 29 heavy (non-hydrogen) atoms. The number of rotatable bonds is 5. The zero-order valence-corrected chi connectivity index (χ0v) is 15.6. The van der Waals surface area contributed by atoms with E-state index in [-0.39, 0.29) is 11.3 Å². The number of hydrogen-bond acceptors (Lipinski definition) is 6. The molecule has 1 aromatic carbocycles. The summed E-state index contributed by atoms with van der Waals surface area (Å²) in [5.41, 5.74) is 0.844. The molecule has 1 N–H and O–H groups in total. The van der Waals surface area contributed by atoms with E-state index in [4.69, 9.17) is 9.15 Å². The Hall–Kier alpha value is -3.87. The van der Waals surface area contributed by atoms with Gasteiger partial charge < -0.3 is 14.3 Å². The van der Waals surface area contributed by atoms with Crippen molar-refractivity contribution in [2.45, 2.75) is 13.0 Å². The van der Waals surface area contributed by atoms with Crippen LogP contribution in [0.3, 0.4) is 0 Å². The molecule has 1 saturated heterocycles. The van der Waals surface area contributed by atoms with Crippen molar-refractivity contribution < 1.29 is 23.8 Å². The van der Waals surface area contributed by atoms with Gasteiger partial charge in [-0.2, -0.15) is 0 Å². The number of carbonyl (C=O) groups excluding carboxylic acids is 2. The second-order valence-electron chi connectivity index (χ2n) is 6.35. The van der Waals surface area contributed by atoms with Crippen LogP contribution in [0.1, 0.15) is 24.3 Å². The summed E-state index contributed by atoms with van der Waals surface area (Å²) in [4.78, 5) is 31.0. The third-order valence-electron chi connectivity index (χ3n) is 4.64. The van der Waals surface area contributed by atoms with Crippen LogP contribution in [0, 0.1) is 0 Å². The number of carbonyl (C=O) groups is 2. The number of amides is 1. The van der Waals surface area contributed by atoms with Gasteiger partial charge in [0.15, 0.2) is 0 Å². The fraction of sp³-hybridized carbons (Fsp3) is 0.136. The number of ketones is 1. The van der Waals surface area contributed by atoms with Crippen molar-refractivity contribution in [2.75, 3.05) is 11.5 Å². The molecule has 0 bridgehead atoms. The maximum atomic E-state index is 12.9. The van der Waals surface area contributed by atoms with E-state index in [2.05, 4.69) is 4.98 Å². The van der Waals surface area contributed by atoms with Crippen molar-refractivity contribution in [3.63, 3.8) is 0 Å². The van der Waals surface area contributed by atoms with Gasteiger partial charge in [-0.25, -0.2) is 0 Å². The first-order chi connectivity index (χ1) is 14.1. The third-order valence-corrected chi connectivity index (χ3v) is 4.64. The van der Waals surface area contributed by atoms with Gasteiger partial charge >= 0.3 is 0 Å². The molecule has 3 aromatic rings. The smallest absolute Gasteiger partial charge is 0.300 e. The largest absolute Gasteiger partial charge is 0.507 e. The van der Waals surface area contributed by atoms with Crippen molar-refractivity contribution >= 4 is 23.1 Å². The monoisotopic (exact) mass is 390 g/mol. The van der Waals surface area contributed by atoms with Crippen LogP contribution in [0.5, 0.6) is 5.75 Å². The highest BCUT2D eigenvalue weighted by Gasteiger charge is 2.48. The highest BCUT2D eigenvalue weighted by molar-refractivity contribution is 6.51. The van der Waals surface area contributed by atoms with Crippen LogP contribution in [0.25, 0.3) is 5.76 Å². The molecule has 1 amide bonds. The lowest BCUT2D eigenvalue weighted by atomic mass is 9.99. The second kappa shape index (κ2) is 7.63. The Morgan fingerprint density at radius 1 is 1.14 bits per heavy atom. The third kappa shape index (κ3) is 3.27. The Labute approximate surface area is 166 Å². The summed E-state index contributed by atoms with van der Waals surface area (Å²) in [5.74, 6) is -0.783. The number of aliphatic hydroxyl groups excluding tert-OH is 1. The second-order valence-corrected chi connectivity index (χ2v) is 6.35. The maximum Gasteiger partial charge on any atom is 0.300 e. The molecular formula is C22H18N2O5. The SMILES string of the molecule is CCOc1ccc(N2C(=O)C(=O)/C(=C(\O)c3ccncc3)C2c2ccco2)cc1. The molecule has 7 heteroatoms. The number of aliphatic hydroxyl groups is 1. The van der Waals surface area contributed by atoms with Gasteiger partial charge in [-0.15, -0.1) is 0 Å². The summed E-state index contributed by atoms with van der Waals surface area (Å²) in [5, 5.41) is 10.8. The minimum absolute atomic E-state index is 0.0370. The van der Waals surface area contributed by atoms with Crippen molar-refractivity contribution in [1.82, 2.24) is 4.98 Å². The quantitative estimate of drug-likeness (QED) is 0.406. The number of Topliss-reactive ketones (excluding diaryl/α,β-unsaturated/α-hetero) is 1. The van der Waals surface area contributed by atoms with E-state index < -0.39 is 17.7 Å². The normalized spacial score (nSPS) is 18.2. The number of ether oxygens (including phenoxy) is 1. The molecule has 1 aliphatic rings. The van der Waals surface area contributed by atoms with Crippen molar-refractivity contribution in [3.05, 3.63) is 84.1 Å². The summed E-state index contributed by atoms with van der Waals surface area (Å²) in [6, 6.07) is 12.4. The van der Waals surface area contributed by atoms with E-state index in [0.29, 0.717) is 29.4 Å². The molecule has 3 heterocycles. The van der Waals surface area contributed by atoms with E-state index in [9.17, 15) is 14.7 Å². The number of pyridine rings is 1. The molecule has 0 aliphatic carbocycles. The van der Waals surface area contributed by atoms with Gasteiger partial charge in [0.2, 0.25) is 0 Å². The van der Waals surface area contributed by atoms with E-state index in [1.165, 1.54) is 23.6 Å². The lowest BCUT2D eigenvalue weighted by Gasteiger charge is -2.23. The molecule has 1 atom stereocenters. The van der Waals surface area contributed by atoms with Crippen LogP contribution in [0.4, 0.5) is 5.69 Å². The Morgan fingerprint density at radius 3 is 2.48 bits per heavy atom. The topological polar surface area (TPSA) is 92.9 Å². The summed E-state index contributed by atoms with van der Waals surface area (Å²) >= 11 is 0. The van der Waals surface area contributed by atoms with Crippen LogP contribution in [0.2, 0.25) is 0 Å². The fourth-order valence-corrected chi connectivity index (χ4v) is 3.35. The van der Waals surface area contributed by atoms with Gasteiger partial charge in [-0.05, 0) is 55.5 Å². The Kier molecular flexibility index (Phi) is 4.87. The molecule has 146 valence electrons. The number of anilines is 1. The van der Waals surface area contributed by atoms with Gasteiger partial charge in [-0.1, -0.05) is 0 Å². The van der Waals surface area contributed by atoms with Crippen LogP contribution >= 0.6 is 0 Å². The number of nitrogens with zero attached hydrogens (tertiary/aromatic N) is 2. The molecule has 7 nitrogen and oxygen atoms in total. The molecule has 0 saturated carbocycles. The first kappa shape index (κ1) is 18.5. The van der Waals surface area contributed by atoms with Gasteiger partial charge in [-0.3, -0.25) is 19.5 Å². The predicted molar refractivity (Wildman–Crippen MR) is 105 cm³/mol. The lowest BCUT2D eigenvalue weighted by Crippen LogP contribution is -2.29. The minimum Gasteiger partial charge on any atom is -0.507 e. The maximum absolute atomic E-state index is 12.9. The summed E-state index contributed by atoms with van der Waals surface area (Å²) < 4.78 is 11.0. The van der Waals surface area contributed by atoms with E-state index in [1.807, 2.05) is 6.92 Å². The summed E-state index contributed by atoms with van der Waals surface area (Å²) in [6.45, 7) is 2.39. The molecule has 1 fully saturated rings. The number of aromatic nitrogens is 1. The molecular weight excluding hydrogens is 372 g/mol. The first-order valence-corrected chi connectivity index (χ1v) is 9.09. The zero-order valence-electron chi connectivity index (χ0n) is 15.6. The molecule has 1 aliphatic heterocycles. The molecule has 1 unspecified atom stereocenters. The molecule has 0 radical (unpaired) electrons. The number of benzene rings is 1. The Bertz CT molecular complexity index is 1060. The average Bonchev–Trinajstić information content (AvgIpc) is 3.36. The van der Waals surface area contributed by atoms with Gasteiger partial charge in [0.25, 0.3) is 11.7 Å². The highest BCUT2D eigenvalue weighted by Crippen LogP contribution is 2.42. The van der Waals surface area contributed by atoms with E-state index in [1.54, 1.807) is 48.5 Å². The van der Waals surface area contributed by atoms with Crippen molar-refractivity contribution in [2.24, 2.45) is 0 Å². The van der Waals surface area contributed by atoms with Crippen LogP contribution in [-0.4, -0.2) is 28.4 Å². The van der Waals surface area contributed by atoms with Crippen LogP contribution in [-0.2, 0) is 9.59 Å². The van der Waals surface area contributed by atoms with Crippen LogP contribution < -0.4 is 9.64 Å². The van der Waals surface area contributed by atoms with Crippen molar-refractivity contribution in [1.29, 1.82) is 0 Å². The summed E-state index contributed by atoms with van der Waals surface area (Å²) in [7, 11) is 0. The van der Waals surface area contributed by atoms with E-state index in [0.717, 1.165) is 0 Å². The lowest BCUT2D eigenvalue weighted by molar-refractivity contribution is -0.132. The van der Waals surface area contributed by atoms with Gasteiger partial charge in [0, 0.05) is 23.6 Å². The molecule has 2 aromatic heterocycles. The molecule has 0 spiro atoms. The molecule has 4 rings (SSSR count). The summed E-state index contributed by atoms with van der Waals surface area (Å²) in [6.07, 6.45) is 4.46. The highest BCUT2D eigenvalue weighted by atomic mass is 16.5. The van der Waals surface area contributed by atoms with Crippen molar-refractivity contribution in [3.8, 4) is 5.75 Å². The zero-order chi connectivity index (χ0) is 20.4. The van der Waals surface area contributed by atoms with E-state index >= 15 is 0 Å². The number of furan rings is 1. The Morgan fingerprint density at radius 2 is 1.86 bits per heavy atom. The fourth-order valence-electron chi connectivity index (χ4n) is 3.35. The van der Waals surface area contributed by atoms with Crippen LogP contribution in [0.15, 0.2) is 77.2 Å². The predicted octanol–water partition coefficient (Wildman–Crippen LogP) is 3.70.